The Bertz CT molecular complexity index is 1350. The molecule has 1 amide bonds. The number of ether oxygens (including phenoxy) is 1. The van der Waals surface area contributed by atoms with Gasteiger partial charge in [-0.3, -0.25) is 9.52 Å². The fourth-order valence-corrected chi connectivity index (χ4v) is 4.65. The highest BCUT2D eigenvalue weighted by atomic mass is 32.2. The number of anilines is 1. The molecule has 1 aliphatic heterocycles. The van der Waals surface area contributed by atoms with Crippen LogP contribution in [0.25, 0.3) is 11.0 Å². The average Bonchev–Trinajstić information content (AvgIpc) is 3.26. The molecule has 1 fully saturated rings. The number of amides is 1. The minimum Gasteiger partial charge on any atom is -0.488 e. The van der Waals surface area contributed by atoms with Gasteiger partial charge in [-0.25, -0.2) is 4.39 Å². The van der Waals surface area contributed by atoms with E-state index in [0.29, 0.717) is 29.2 Å². The lowest BCUT2D eigenvalue weighted by Crippen LogP contribution is -2.36. The van der Waals surface area contributed by atoms with Gasteiger partial charge in [0.15, 0.2) is 5.76 Å². The Morgan fingerprint density at radius 2 is 1.91 bits per heavy atom. The van der Waals surface area contributed by atoms with Crippen molar-refractivity contribution in [2.24, 2.45) is 0 Å². The summed E-state index contributed by atoms with van der Waals surface area (Å²) >= 11 is 1.17. The first kappa shape index (κ1) is 23.3. The fourth-order valence-electron chi connectivity index (χ4n) is 3.92. The molecule has 0 atom stereocenters. The summed E-state index contributed by atoms with van der Waals surface area (Å²) in [6, 6.07) is 20.7. The van der Waals surface area contributed by atoms with Gasteiger partial charge in [-0.15, -0.1) is 0 Å². The second-order valence-corrected chi connectivity index (χ2v) is 9.81. The molecular formula is C28H27FN2O3S. The van der Waals surface area contributed by atoms with Crippen LogP contribution in [0.4, 0.5) is 10.1 Å². The molecule has 0 spiro atoms. The highest BCUT2D eigenvalue weighted by molar-refractivity contribution is 7.98. The Balaban J connectivity index is 1.33. The van der Waals surface area contributed by atoms with E-state index >= 15 is 0 Å². The number of hydrogen-bond acceptors (Lipinski definition) is 5. The van der Waals surface area contributed by atoms with E-state index in [4.69, 9.17) is 9.15 Å². The Morgan fingerprint density at radius 3 is 2.63 bits per heavy atom. The quantitative estimate of drug-likeness (QED) is 0.272. The van der Waals surface area contributed by atoms with Crippen LogP contribution in [-0.4, -0.2) is 19.0 Å². The molecule has 1 aliphatic rings. The highest BCUT2D eigenvalue weighted by Crippen LogP contribution is 2.33. The second kappa shape index (κ2) is 10.0. The van der Waals surface area contributed by atoms with Gasteiger partial charge >= 0.3 is 0 Å². The first-order chi connectivity index (χ1) is 17.0. The molecule has 35 heavy (non-hydrogen) atoms. The zero-order valence-corrected chi connectivity index (χ0v) is 20.5. The largest absolute Gasteiger partial charge is 0.488 e. The standard InChI is InChI=1S/C28H27FN2O3S/c1-18(2)20-9-10-24(33-17-19-7-4-3-5-8-19)27(13-20)35-30-28(32)26-16-22-23(29)14-21(15-25(22)34-26)31-11-6-12-31/h3-5,7-10,13-16,18H,6,11-12,17H2,1-2H3,(H,30,32). The smallest absolute Gasteiger partial charge is 0.297 e. The SMILES string of the molecule is CC(C)c1ccc(OCc2ccccc2)c(SNC(=O)c2cc3c(F)cc(N4CCC4)cc3o2)c1. The van der Waals surface area contributed by atoms with E-state index < -0.39 is 5.91 Å². The van der Waals surface area contributed by atoms with Crippen LogP contribution in [0.2, 0.25) is 0 Å². The first-order valence-electron chi connectivity index (χ1n) is 11.7. The molecule has 0 aliphatic carbocycles. The fraction of sp³-hybridized carbons (Fsp3) is 0.250. The van der Waals surface area contributed by atoms with E-state index in [9.17, 15) is 9.18 Å². The molecule has 5 rings (SSSR count). The summed E-state index contributed by atoms with van der Waals surface area (Å²) in [5.74, 6) is 0.255. The Labute approximate surface area is 208 Å². The molecule has 2 heterocycles. The number of nitrogens with zero attached hydrogens (tertiary/aromatic N) is 1. The average molecular weight is 491 g/mol. The number of carbonyl (C=O) groups is 1. The van der Waals surface area contributed by atoms with Crippen LogP contribution in [-0.2, 0) is 6.61 Å². The predicted octanol–water partition coefficient (Wildman–Crippen LogP) is 6.92. The van der Waals surface area contributed by atoms with Gasteiger partial charge < -0.3 is 14.1 Å². The number of rotatable bonds is 8. The summed E-state index contributed by atoms with van der Waals surface area (Å²) in [7, 11) is 0. The first-order valence-corrected chi connectivity index (χ1v) is 12.6. The molecule has 0 bridgehead atoms. The van der Waals surface area contributed by atoms with Crippen molar-refractivity contribution in [3.8, 4) is 5.75 Å². The van der Waals surface area contributed by atoms with Crippen LogP contribution in [0.15, 0.2) is 76.0 Å². The van der Waals surface area contributed by atoms with Gasteiger partial charge in [0.25, 0.3) is 5.91 Å². The Morgan fingerprint density at radius 1 is 1.11 bits per heavy atom. The lowest BCUT2D eigenvalue weighted by molar-refractivity contribution is 0.0959. The van der Waals surface area contributed by atoms with Gasteiger partial charge in [0.1, 0.15) is 23.8 Å². The van der Waals surface area contributed by atoms with Gasteiger partial charge in [0, 0.05) is 30.9 Å². The number of fused-ring (bicyclic) bond motifs is 1. The molecule has 1 aromatic heterocycles. The molecule has 4 aromatic rings. The van der Waals surface area contributed by atoms with Crippen molar-refractivity contribution in [1.29, 1.82) is 0 Å². The topological polar surface area (TPSA) is 54.7 Å². The Kier molecular flexibility index (Phi) is 6.68. The number of carbonyl (C=O) groups excluding carboxylic acids is 1. The number of halogens is 1. The van der Waals surface area contributed by atoms with Gasteiger partial charge in [-0.1, -0.05) is 50.2 Å². The number of furan rings is 1. The van der Waals surface area contributed by atoms with Crippen molar-refractivity contribution in [2.45, 2.75) is 37.7 Å². The van der Waals surface area contributed by atoms with Crippen LogP contribution >= 0.6 is 11.9 Å². The maximum Gasteiger partial charge on any atom is 0.297 e. The highest BCUT2D eigenvalue weighted by Gasteiger charge is 2.20. The van der Waals surface area contributed by atoms with Crippen LogP contribution < -0.4 is 14.4 Å². The van der Waals surface area contributed by atoms with Crippen LogP contribution in [0, 0.1) is 5.82 Å². The third-order valence-corrected chi connectivity index (χ3v) is 6.97. The number of benzene rings is 3. The minimum atomic E-state index is -0.431. The zero-order chi connectivity index (χ0) is 24.4. The molecule has 3 aromatic carbocycles. The van der Waals surface area contributed by atoms with E-state index in [1.165, 1.54) is 24.1 Å². The van der Waals surface area contributed by atoms with Crippen LogP contribution in [0.5, 0.6) is 5.75 Å². The summed E-state index contributed by atoms with van der Waals surface area (Å²) in [5, 5.41) is 0.304. The van der Waals surface area contributed by atoms with Gasteiger partial charge in [0.05, 0.1) is 10.3 Å². The number of hydrogen-bond donors (Lipinski definition) is 1. The minimum absolute atomic E-state index is 0.0685. The molecule has 0 unspecified atom stereocenters. The van der Waals surface area contributed by atoms with Crippen LogP contribution in [0.3, 0.4) is 0 Å². The second-order valence-electron chi connectivity index (χ2n) is 8.96. The summed E-state index contributed by atoms with van der Waals surface area (Å²) in [6.45, 7) is 6.46. The molecule has 0 saturated carbocycles. The molecule has 5 nitrogen and oxygen atoms in total. The normalized spacial score (nSPS) is 13.2. The summed E-state index contributed by atoms with van der Waals surface area (Å²) < 4.78 is 29.3. The zero-order valence-electron chi connectivity index (χ0n) is 19.7. The maximum atomic E-state index is 14.7. The maximum absolute atomic E-state index is 14.7. The number of nitrogens with one attached hydrogen (secondary N) is 1. The van der Waals surface area contributed by atoms with Crippen molar-refractivity contribution in [3.05, 3.63) is 89.4 Å². The van der Waals surface area contributed by atoms with Crippen LogP contribution in [0.1, 0.15) is 47.9 Å². The van der Waals surface area contributed by atoms with Crippen molar-refractivity contribution < 1.29 is 18.3 Å². The predicted molar refractivity (Wildman–Crippen MR) is 138 cm³/mol. The third-order valence-electron chi connectivity index (χ3n) is 6.14. The van der Waals surface area contributed by atoms with Crippen molar-refractivity contribution in [3.63, 3.8) is 0 Å². The molecular weight excluding hydrogens is 463 g/mol. The molecule has 0 radical (unpaired) electrons. The summed E-state index contributed by atoms with van der Waals surface area (Å²) in [4.78, 5) is 15.8. The molecule has 180 valence electrons. The van der Waals surface area contributed by atoms with Gasteiger partial charge in [-0.05, 0) is 53.6 Å². The molecule has 1 saturated heterocycles. The van der Waals surface area contributed by atoms with E-state index in [-0.39, 0.29) is 11.6 Å². The lowest BCUT2D eigenvalue weighted by atomic mass is 10.0. The van der Waals surface area contributed by atoms with Crippen molar-refractivity contribution in [2.75, 3.05) is 18.0 Å². The summed E-state index contributed by atoms with van der Waals surface area (Å²) in [6.07, 6.45) is 1.09. The van der Waals surface area contributed by atoms with Gasteiger partial charge in [-0.2, -0.15) is 0 Å². The molecule has 7 heteroatoms. The van der Waals surface area contributed by atoms with E-state index in [1.807, 2.05) is 48.5 Å². The van der Waals surface area contributed by atoms with Gasteiger partial charge in [0.2, 0.25) is 0 Å². The Hall–Kier alpha value is -3.45. The summed E-state index contributed by atoms with van der Waals surface area (Å²) in [5.41, 5.74) is 3.35. The van der Waals surface area contributed by atoms with E-state index in [2.05, 4.69) is 23.5 Å². The third kappa shape index (κ3) is 5.15. The molecule has 1 N–H and O–H groups in total. The monoisotopic (exact) mass is 490 g/mol. The van der Waals surface area contributed by atoms with Crippen molar-refractivity contribution in [1.82, 2.24) is 4.72 Å². The van der Waals surface area contributed by atoms with Crippen molar-refractivity contribution >= 4 is 34.5 Å². The lowest BCUT2D eigenvalue weighted by Gasteiger charge is -2.33. The van der Waals surface area contributed by atoms with E-state index in [1.54, 1.807) is 6.07 Å². The van der Waals surface area contributed by atoms with E-state index in [0.717, 1.165) is 41.2 Å².